The number of rotatable bonds is 3. The molecule has 18 heavy (non-hydrogen) atoms. The highest BCUT2D eigenvalue weighted by atomic mass is 32.2. The lowest BCUT2D eigenvalue weighted by Gasteiger charge is -2.26. The van der Waals surface area contributed by atoms with E-state index in [9.17, 15) is 8.42 Å². The highest BCUT2D eigenvalue weighted by Crippen LogP contribution is 2.17. The van der Waals surface area contributed by atoms with E-state index in [0.29, 0.717) is 32.0 Å². The lowest BCUT2D eigenvalue weighted by Crippen LogP contribution is -2.48. The molecule has 0 amide bonds. The van der Waals surface area contributed by atoms with E-state index >= 15 is 0 Å². The summed E-state index contributed by atoms with van der Waals surface area (Å²) >= 11 is 0. The predicted octanol–water partition coefficient (Wildman–Crippen LogP) is 0.103. The number of hydrogen-bond donors (Lipinski definition) is 2. The Morgan fingerprint density at radius 3 is 2.61 bits per heavy atom. The number of anilines is 1. The van der Waals surface area contributed by atoms with E-state index in [1.54, 1.807) is 24.1 Å². The van der Waals surface area contributed by atoms with E-state index in [-0.39, 0.29) is 4.90 Å². The minimum Gasteiger partial charge on any atom is -0.399 e. The maximum Gasteiger partial charge on any atom is 0.253 e. The van der Waals surface area contributed by atoms with Crippen LogP contribution < -0.4 is 10.6 Å². The molecule has 0 atom stereocenters. The van der Waals surface area contributed by atoms with E-state index in [0.717, 1.165) is 5.56 Å². The van der Waals surface area contributed by atoms with Crippen LogP contribution in [0.4, 0.5) is 5.69 Å². The quantitative estimate of drug-likeness (QED) is 0.762. The van der Waals surface area contributed by atoms with Crippen LogP contribution in [0.1, 0.15) is 5.56 Å². The number of aryl methyl sites for hydroxylation is 1. The van der Waals surface area contributed by atoms with Gasteiger partial charge in [-0.25, -0.2) is 13.4 Å². The van der Waals surface area contributed by atoms with Crippen molar-refractivity contribution in [2.75, 3.05) is 32.0 Å². The third kappa shape index (κ3) is 2.99. The number of morpholine rings is 1. The fraction of sp³-hybridized carbons (Fsp3) is 0.455. The Balaban J connectivity index is 2.16. The van der Waals surface area contributed by atoms with Crippen molar-refractivity contribution >= 4 is 15.7 Å². The fourth-order valence-corrected chi connectivity index (χ4v) is 2.90. The molecular weight excluding hydrogens is 254 g/mol. The molecule has 7 heteroatoms. The van der Waals surface area contributed by atoms with Gasteiger partial charge in [-0.05, 0) is 30.7 Å². The maximum atomic E-state index is 12.1. The molecule has 1 aromatic rings. The lowest BCUT2D eigenvalue weighted by molar-refractivity contribution is 0.0272. The summed E-state index contributed by atoms with van der Waals surface area (Å²) in [5, 5.41) is 1.64. The van der Waals surface area contributed by atoms with Gasteiger partial charge in [0.25, 0.3) is 10.0 Å². The van der Waals surface area contributed by atoms with Crippen LogP contribution in [0, 0.1) is 6.92 Å². The summed E-state index contributed by atoms with van der Waals surface area (Å²) in [6.07, 6.45) is 0. The first-order valence-electron chi connectivity index (χ1n) is 5.70. The van der Waals surface area contributed by atoms with Crippen molar-refractivity contribution in [3.05, 3.63) is 23.8 Å². The van der Waals surface area contributed by atoms with Crippen molar-refractivity contribution in [3.8, 4) is 0 Å². The van der Waals surface area contributed by atoms with E-state index in [2.05, 4.69) is 4.83 Å². The topological polar surface area (TPSA) is 84.7 Å². The first-order valence-corrected chi connectivity index (χ1v) is 7.18. The molecule has 1 fully saturated rings. The van der Waals surface area contributed by atoms with Gasteiger partial charge in [-0.1, -0.05) is 0 Å². The van der Waals surface area contributed by atoms with E-state index < -0.39 is 10.0 Å². The second kappa shape index (κ2) is 5.23. The maximum absolute atomic E-state index is 12.1. The van der Waals surface area contributed by atoms with Crippen molar-refractivity contribution in [2.45, 2.75) is 11.8 Å². The van der Waals surface area contributed by atoms with Gasteiger partial charge >= 0.3 is 0 Å². The fourth-order valence-electron chi connectivity index (χ4n) is 1.69. The standard InChI is InChI=1S/C11H17N3O3S/c1-9-8-10(2-3-11(9)12)18(15,16)13-14-4-6-17-7-5-14/h2-3,8,13H,4-7,12H2,1H3. The predicted molar refractivity (Wildman–Crippen MR) is 68.3 cm³/mol. The summed E-state index contributed by atoms with van der Waals surface area (Å²) in [5.41, 5.74) is 7.01. The zero-order valence-electron chi connectivity index (χ0n) is 10.2. The molecule has 1 aromatic carbocycles. The Kier molecular flexibility index (Phi) is 3.86. The summed E-state index contributed by atoms with van der Waals surface area (Å²) in [6.45, 7) is 3.94. The third-order valence-corrected chi connectivity index (χ3v) is 4.19. The normalized spacial score (nSPS) is 17.8. The van der Waals surface area contributed by atoms with Crippen LogP contribution >= 0.6 is 0 Å². The van der Waals surface area contributed by atoms with Crippen molar-refractivity contribution in [1.82, 2.24) is 9.84 Å². The van der Waals surface area contributed by atoms with Crippen LogP contribution in [0.3, 0.4) is 0 Å². The Morgan fingerprint density at radius 1 is 1.33 bits per heavy atom. The van der Waals surface area contributed by atoms with Gasteiger partial charge in [0.2, 0.25) is 0 Å². The van der Waals surface area contributed by atoms with Crippen LogP contribution in [0.25, 0.3) is 0 Å². The zero-order chi connectivity index (χ0) is 13.2. The molecule has 1 aliphatic heterocycles. The summed E-state index contributed by atoms with van der Waals surface area (Å²) in [7, 11) is -3.53. The number of nitrogens with two attached hydrogens (primary N) is 1. The van der Waals surface area contributed by atoms with Crippen LogP contribution in [0.2, 0.25) is 0 Å². The van der Waals surface area contributed by atoms with Gasteiger partial charge in [-0.2, -0.15) is 0 Å². The van der Waals surface area contributed by atoms with Gasteiger partial charge in [0.1, 0.15) is 0 Å². The van der Waals surface area contributed by atoms with Crippen molar-refractivity contribution in [2.24, 2.45) is 0 Å². The average molecular weight is 271 g/mol. The average Bonchev–Trinajstić information content (AvgIpc) is 2.33. The summed E-state index contributed by atoms with van der Waals surface area (Å²) in [5.74, 6) is 0. The number of nitrogen functional groups attached to an aromatic ring is 1. The first kappa shape index (κ1) is 13.3. The van der Waals surface area contributed by atoms with Gasteiger partial charge in [0, 0.05) is 18.8 Å². The molecule has 1 aliphatic rings. The van der Waals surface area contributed by atoms with Crippen LogP contribution in [-0.4, -0.2) is 39.7 Å². The molecular formula is C11H17N3O3S. The monoisotopic (exact) mass is 271 g/mol. The Hall–Kier alpha value is -1.15. The Bertz CT molecular complexity index is 524. The molecule has 0 bridgehead atoms. The number of ether oxygens (including phenoxy) is 1. The van der Waals surface area contributed by atoms with E-state index in [1.165, 1.54) is 6.07 Å². The molecule has 1 heterocycles. The van der Waals surface area contributed by atoms with Crippen molar-refractivity contribution in [3.63, 3.8) is 0 Å². The molecule has 6 nitrogen and oxygen atoms in total. The molecule has 0 aromatic heterocycles. The Morgan fingerprint density at radius 2 is 2.00 bits per heavy atom. The smallest absolute Gasteiger partial charge is 0.253 e. The number of nitrogens with zero attached hydrogens (tertiary/aromatic N) is 1. The van der Waals surface area contributed by atoms with Crippen LogP contribution in [0.15, 0.2) is 23.1 Å². The first-order chi connectivity index (χ1) is 8.49. The highest BCUT2D eigenvalue weighted by molar-refractivity contribution is 7.89. The summed E-state index contributed by atoms with van der Waals surface area (Å²) in [4.78, 5) is 2.77. The SMILES string of the molecule is Cc1cc(S(=O)(=O)NN2CCOCC2)ccc1N. The molecule has 100 valence electrons. The summed E-state index contributed by atoms with van der Waals surface area (Å²) in [6, 6.07) is 4.67. The van der Waals surface area contributed by atoms with Crippen molar-refractivity contribution in [1.29, 1.82) is 0 Å². The molecule has 0 aliphatic carbocycles. The molecule has 2 rings (SSSR count). The lowest BCUT2D eigenvalue weighted by atomic mass is 10.2. The zero-order valence-corrected chi connectivity index (χ0v) is 11.0. The molecule has 0 unspecified atom stereocenters. The Labute approximate surface area is 107 Å². The third-order valence-electron chi connectivity index (χ3n) is 2.81. The molecule has 3 N–H and O–H groups in total. The highest BCUT2D eigenvalue weighted by Gasteiger charge is 2.20. The molecule has 1 saturated heterocycles. The van der Waals surface area contributed by atoms with Gasteiger partial charge < -0.3 is 10.5 Å². The van der Waals surface area contributed by atoms with Gasteiger partial charge in [0.05, 0.1) is 18.1 Å². The van der Waals surface area contributed by atoms with Gasteiger partial charge in [-0.3, -0.25) is 0 Å². The second-order valence-corrected chi connectivity index (χ2v) is 5.87. The summed E-state index contributed by atoms with van der Waals surface area (Å²) < 4.78 is 29.4. The van der Waals surface area contributed by atoms with Crippen LogP contribution in [-0.2, 0) is 14.8 Å². The number of hydrazine groups is 1. The minimum absolute atomic E-state index is 0.223. The largest absolute Gasteiger partial charge is 0.399 e. The molecule has 0 radical (unpaired) electrons. The number of hydrogen-bond acceptors (Lipinski definition) is 5. The van der Waals surface area contributed by atoms with Crippen LogP contribution in [0.5, 0.6) is 0 Å². The molecule has 0 saturated carbocycles. The van der Waals surface area contributed by atoms with E-state index in [4.69, 9.17) is 10.5 Å². The number of benzene rings is 1. The molecule has 0 spiro atoms. The van der Waals surface area contributed by atoms with Crippen molar-refractivity contribution < 1.29 is 13.2 Å². The second-order valence-electron chi connectivity index (χ2n) is 4.21. The number of nitrogens with one attached hydrogen (secondary N) is 1. The minimum atomic E-state index is -3.53. The van der Waals surface area contributed by atoms with Gasteiger partial charge in [-0.15, -0.1) is 4.83 Å². The van der Waals surface area contributed by atoms with E-state index in [1.807, 2.05) is 0 Å². The number of sulfonamides is 1. The van der Waals surface area contributed by atoms with Gasteiger partial charge in [0.15, 0.2) is 0 Å².